The van der Waals surface area contributed by atoms with Gasteiger partial charge in [-0.15, -0.1) is 0 Å². The summed E-state index contributed by atoms with van der Waals surface area (Å²) in [6.07, 6.45) is -11.7. The summed E-state index contributed by atoms with van der Waals surface area (Å²) in [6.45, 7) is -0.972. The fourth-order valence-electron chi connectivity index (χ4n) is 3.28. The van der Waals surface area contributed by atoms with Crippen molar-refractivity contribution >= 4 is 9.84 Å². The molecule has 0 amide bonds. The van der Waals surface area contributed by atoms with Crippen LogP contribution in [-0.2, 0) is 32.5 Å². The molecule has 0 saturated heterocycles. The lowest BCUT2D eigenvalue weighted by molar-refractivity contribution is -0.392. The first-order valence-electron chi connectivity index (χ1n) is 9.65. The Morgan fingerprint density at radius 3 is 1.71 bits per heavy atom. The summed E-state index contributed by atoms with van der Waals surface area (Å²) >= 11 is 0. The number of hydrogen-bond donors (Lipinski definition) is 0. The molecule has 3 nitrogen and oxygen atoms in total. The van der Waals surface area contributed by atoms with E-state index < -0.39 is 51.5 Å². The van der Waals surface area contributed by atoms with Gasteiger partial charge in [0.25, 0.3) is 5.60 Å². The van der Waals surface area contributed by atoms with E-state index >= 15 is 0 Å². The second kappa shape index (κ2) is 9.38. The first-order valence-corrected chi connectivity index (χ1v) is 11.3. The average Bonchev–Trinajstić information content (AvgIpc) is 2.74. The number of halogens is 7. The van der Waals surface area contributed by atoms with E-state index in [0.717, 1.165) is 36.4 Å². The second-order valence-corrected chi connectivity index (χ2v) is 9.35. The highest BCUT2D eigenvalue weighted by Crippen LogP contribution is 2.53. The molecule has 0 bridgehead atoms. The van der Waals surface area contributed by atoms with E-state index in [1.807, 2.05) is 0 Å². The van der Waals surface area contributed by atoms with Crippen LogP contribution in [-0.4, -0.2) is 20.8 Å². The van der Waals surface area contributed by atoms with Crippen molar-refractivity contribution in [2.75, 3.05) is 0 Å². The molecular weight excluding hydrogens is 489 g/mol. The van der Waals surface area contributed by atoms with Gasteiger partial charge in [-0.05, 0) is 35.4 Å². The van der Waals surface area contributed by atoms with Crippen molar-refractivity contribution < 1.29 is 43.9 Å². The lowest BCUT2D eigenvalue weighted by Gasteiger charge is -2.37. The Balaban J connectivity index is 1.96. The minimum atomic E-state index is -5.87. The third-order valence-electron chi connectivity index (χ3n) is 4.99. The minimum Gasteiger partial charge on any atom is -0.349 e. The van der Waals surface area contributed by atoms with Crippen molar-refractivity contribution in [1.82, 2.24) is 0 Å². The van der Waals surface area contributed by atoms with Crippen molar-refractivity contribution in [3.8, 4) is 0 Å². The van der Waals surface area contributed by atoms with E-state index in [1.54, 1.807) is 6.07 Å². The SMILES string of the molecule is O=S(=O)(Cc1ccc(C(OCc2ccccc2)(C(F)(F)F)C(F)(F)F)cc1)c1ccc(F)cc1. The van der Waals surface area contributed by atoms with Crippen LogP contribution in [0.15, 0.2) is 83.8 Å². The summed E-state index contributed by atoms with van der Waals surface area (Å²) in [4.78, 5) is -0.246. The highest BCUT2D eigenvalue weighted by Gasteiger charge is 2.73. The Kier molecular flexibility index (Phi) is 7.09. The average molecular weight is 506 g/mol. The van der Waals surface area contributed by atoms with Crippen LogP contribution in [0.5, 0.6) is 0 Å². The Labute approximate surface area is 190 Å². The Morgan fingerprint density at radius 1 is 0.676 bits per heavy atom. The molecule has 3 aromatic rings. The highest BCUT2D eigenvalue weighted by molar-refractivity contribution is 7.90. The van der Waals surface area contributed by atoms with Crippen LogP contribution in [0, 0.1) is 5.82 Å². The molecule has 11 heteroatoms. The molecule has 3 aromatic carbocycles. The van der Waals surface area contributed by atoms with E-state index in [0.29, 0.717) is 12.1 Å². The number of sulfone groups is 1. The topological polar surface area (TPSA) is 43.4 Å². The molecule has 0 aliphatic heterocycles. The zero-order valence-electron chi connectivity index (χ0n) is 17.2. The van der Waals surface area contributed by atoms with Gasteiger partial charge in [0.15, 0.2) is 9.84 Å². The Hall–Kier alpha value is -2.92. The molecule has 0 spiro atoms. The van der Waals surface area contributed by atoms with Gasteiger partial charge >= 0.3 is 12.4 Å². The van der Waals surface area contributed by atoms with Gasteiger partial charge in [0.1, 0.15) is 5.82 Å². The number of ether oxygens (including phenoxy) is 1. The molecular formula is C23H17F7O3S. The molecule has 34 heavy (non-hydrogen) atoms. The maximum Gasteiger partial charge on any atom is 0.430 e. The summed E-state index contributed by atoms with van der Waals surface area (Å²) in [6, 6.07) is 13.7. The number of benzene rings is 3. The van der Waals surface area contributed by atoms with Gasteiger partial charge in [-0.3, -0.25) is 0 Å². The first-order chi connectivity index (χ1) is 15.8. The summed E-state index contributed by atoms with van der Waals surface area (Å²) in [5.74, 6) is -1.39. The lowest BCUT2D eigenvalue weighted by atomic mass is 9.91. The maximum absolute atomic E-state index is 13.9. The van der Waals surface area contributed by atoms with E-state index in [2.05, 4.69) is 4.74 Å². The molecule has 182 valence electrons. The third kappa shape index (κ3) is 5.25. The largest absolute Gasteiger partial charge is 0.430 e. The smallest absolute Gasteiger partial charge is 0.349 e. The zero-order chi connectivity index (χ0) is 25.2. The van der Waals surface area contributed by atoms with Gasteiger partial charge in [-0.25, -0.2) is 12.8 Å². The minimum absolute atomic E-state index is 0.0608. The van der Waals surface area contributed by atoms with E-state index in [-0.39, 0.29) is 16.0 Å². The molecule has 0 aliphatic carbocycles. The van der Waals surface area contributed by atoms with Crippen LogP contribution >= 0.6 is 0 Å². The highest BCUT2D eigenvalue weighted by atomic mass is 32.2. The van der Waals surface area contributed by atoms with E-state index in [4.69, 9.17) is 0 Å². The lowest BCUT2D eigenvalue weighted by Crippen LogP contribution is -2.55. The zero-order valence-corrected chi connectivity index (χ0v) is 18.0. The summed E-state index contributed by atoms with van der Waals surface area (Å²) in [5.41, 5.74) is -5.84. The molecule has 0 aliphatic rings. The molecule has 0 radical (unpaired) electrons. The molecule has 0 aromatic heterocycles. The fourth-order valence-corrected chi connectivity index (χ4v) is 4.63. The fraction of sp³-hybridized carbons (Fsp3) is 0.217. The quantitative estimate of drug-likeness (QED) is 0.278. The molecule has 0 heterocycles. The van der Waals surface area contributed by atoms with E-state index in [9.17, 15) is 39.2 Å². The number of rotatable bonds is 7. The molecule has 3 rings (SSSR count). The van der Waals surface area contributed by atoms with Gasteiger partial charge in [0.2, 0.25) is 0 Å². The number of alkyl halides is 6. The van der Waals surface area contributed by atoms with Crippen LogP contribution in [0.1, 0.15) is 16.7 Å². The molecule has 0 unspecified atom stereocenters. The van der Waals surface area contributed by atoms with Gasteiger partial charge in [-0.1, -0.05) is 54.6 Å². The summed E-state index contributed by atoms with van der Waals surface area (Å²) in [7, 11) is -4.02. The monoisotopic (exact) mass is 506 g/mol. The van der Waals surface area contributed by atoms with Crippen molar-refractivity contribution in [2.24, 2.45) is 0 Å². The Bertz CT molecular complexity index is 1190. The normalized spacial score (nSPS) is 13.1. The standard InChI is InChI=1S/C23H17F7O3S/c24-19-10-12-20(13-11-19)34(31,32)15-17-6-8-18(9-7-17)21(22(25,26)27,23(28,29)30)33-14-16-4-2-1-3-5-16/h1-13H,14-15H2. The van der Waals surface area contributed by atoms with Crippen LogP contribution in [0.4, 0.5) is 30.7 Å². The molecule has 0 atom stereocenters. The first kappa shape index (κ1) is 25.7. The Morgan fingerprint density at radius 2 is 1.21 bits per heavy atom. The van der Waals surface area contributed by atoms with E-state index in [1.165, 1.54) is 24.3 Å². The molecule has 0 N–H and O–H groups in total. The van der Waals surface area contributed by atoms with Crippen molar-refractivity contribution in [1.29, 1.82) is 0 Å². The predicted octanol–water partition coefficient (Wildman–Crippen LogP) is 6.34. The van der Waals surface area contributed by atoms with Crippen LogP contribution in [0.3, 0.4) is 0 Å². The van der Waals surface area contributed by atoms with Gasteiger partial charge in [-0.2, -0.15) is 26.3 Å². The van der Waals surface area contributed by atoms with Crippen molar-refractivity contribution in [2.45, 2.75) is 35.2 Å². The van der Waals surface area contributed by atoms with Crippen molar-refractivity contribution in [3.63, 3.8) is 0 Å². The summed E-state index contributed by atoms with van der Waals surface area (Å²) in [5, 5.41) is 0. The van der Waals surface area contributed by atoms with Gasteiger partial charge < -0.3 is 4.74 Å². The van der Waals surface area contributed by atoms with Gasteiger partial charge in [0.05, 0.1) is 17.3 Å². The maximum atomic E-state index is 13.9. The summed E-state index contributed by atoms with van der Waals surface area (Å²) < 4.78 is 126. The van der Waals surface area contributed by atoms with Crippen LogP contribution in [0.25, 0.3) is 0 Å². The second-order valence-electron chi connectivity index (χ2n) is 7.36. The molecule has 0 saturated carbocycles. The molecule has 0 fully saturated rings. The predicted molar refractivity (Wildman–Crippen MR) is 109 cm³/mol. The third-order valence-corrected chi connectivity index (χ3v) is 6.69. The number of hydrogen-bond acceptors (Lipinski definition) is 3. The van der Waals surface area contributed by atoms with Gasteiger partial charge in [0, 0.05) is 5.56 Å². The van der Waals surface area contributed by atoms with Crippen LogP contribution in [0.2, 0.25) is 0 Å². The van der Waals surface area contributed by atoms with Crippen LogP contribution < -0.4 is 0 Å². The van der Waals surface area contributed by atoms with Crippen molar-refractivity contribution in [3.05, 3.63) is 101 Å².